The van der Waals surface area contributed by atoms with E-state index in [1.807, 2.05) is 12.3 Å². The maximum atomic E-state index is 8.54. The van der Waals surface area contributed by atoms with Crippen LogP contribution in [0.1, 0.15) is 0 Å². The molecule has 6 nitrogen and oxygen atoms in total. The lowest BCUT2D eigenvalue weighted by Gasteiger charge is -2.06. The highest BCUT2D eigenvalue weighted by Crippen LogP contribution is 2.16. The van der Waals surface area contributed by atoms with Gasteiger partial charge in [-0.3, -0.25) is 0 Å². The SMILES string of the molecule is OCCOCCNc1ccn2ncc(Br)c2n1. The van der Waals surface area contributed by atoms with Gasteiger partial charge in [0.2, 0.25) is 0 Å². The molecular formula is C10H13BrN4O2. The summed E-state index contributed by atoms with van der Waals surface area (Å²) in [4.78, 5) is 4.39. The van der Waals surface area contributed by atoms with Crippen molar-refractivity contribution in [2.45, 2.75) is 0 Å². The number of ether oxygens (including phenoxy) is 1. The maximum Gasteiger partial charge on any atom is 0.171 e. The molecule has 0 amide bonds. The van der Waals surface area contributed by atoms with Crippen molar-refractivity contribution in [3.8, 4) is 0 Å². The predicted octanol–water partition coefficient (Wildman–Crippen LogP) is 0.913. The van der Waals surface area contributed by atoms with E-state index in [4.69, 9.17) is 9.84 Å². The molecule has 92 valence electrons. The zero-order valence-electron chi connectivity index (χ0n) is 9.14. The lowest BCUT2D eigenvalue weighted by atomic mass is 10.5. The van der Waals surface area contributed by atoms with Gasteiger partial charge in [0.25, 0.3) is 0 Å². The summed E-state index contributed by atoms with van der Waals surface area (Å²) >= 11 is 3.38. The number of aromatic nitrogens is 3. The molecule has 2 N–H and O–H groups in total. The van der Waals surface area contributed by atoms with Crippen molar-refractivity contribution in [1.29, 1.82) is 0 Å². The van der Waals surface area contributed by atoms with Gasteiger partial charge >= 0.3 is 0 Å². The van der Waals surface area contributed by atoms with E-state index in [1.165, 1.54) is 0 Å². The van der Waals surface area contributed by atoms with E-state index in [0.717, 1.165) is 15.9 Å². The van der Waals surface area contributed by atoms with E-state index in [1.54, 1.807) is 10.7 Å². The number of halogens is 1. The first-order chi connectivity index (χ1) is 8.31. The molecule has 0 atom stereocenters. The van der Waals surface area contributed by atoms with E-state index in [0.29, 0.717) is 19.8 Å². The number of anilines is 1. The van der Waals surface area contributed by atoms with Crippen molar-refractivity contribution in [1.82, 2.24) is 14.6 Å². The second-order valence-corrected chi connectivity index (χ2v) is 4.19. The van der Waals surface area contributed by atoms with Gasteiger partial charge in [0.1, 0.15) is 5.82 Å². The zero-order chi connectivity index (χ0) is 12.1. The van der Waals surface area contributed by atoms with E-state index < -0.39 is 0 Å². The first-order valence-electron chi connectivity index (χ1n) is 5.23. The fraction of sp³-hybridized carbons (Fsp3) is 0.400. The maximum absolute atomic E-state index is 8.54. The number of aliphatic hydroxyl groups excluding tert-OH is 1. The lowest BCUT2D eigenvalue weighted by molar-refractivity contribution is 0.0992. The minimum atomic E-state index is 0.0486. The fourth-order valence-corrected chi connectivity index (χ4v) is 1.72. The number of hydrogen-bond acceptors (Lipinski definition) is 5. The van der Waals surface area contributed by atoms with Crippen LogP contribution < -0.4 is 5.32 Å². The summed E-state index contributed by atoms with van der Waals surface area (Å²) in [5, 5.41) is 15.8. The monoisotopic (exact) mass is 300 g/mol. The van der Waals surface area contributed by atoms with Crippen LogP contribution in [0, 0.1) is 0 Å². The van der Waals surface area contributed by atoms with Crippen molar-refractivity contribution >= 4 is 27.4 Å². The van der Waals surface area contributed by atoms with Crippen LogP contribution in [0.15, 0.2) is 22.9 Å². The molecule has 0 saturated carbocycles. The highest BCUT2D eigenvalue weighted by atomic mass is 79.9. The van der Waals surface area contributed by atoms with Crippen LogP contribution in [0.4, 0.5) is 5.82 Å². The number of hydrogen-bond donors (Lipinski definition) is 2. The van der Waals surface area contributed by atoms with Gasteiger partial charge in [0.05, 0.1) is 30.5 Å². The Bertz CT molecular complexity index is 488. The third kappa shape index (κ3) is 3.15. The van der Waals surface area contributed by atoms with Crippen molar-refractivity contribution in [3.05, 3.63) is 22.9 Å². The molecule has 0 aliphatic heterocycles. The van der Waals surface area contributed by atoms with Gasteiger partial charge in [-0.1, -0.05) is 0 Å². The first kappa shape index (κ1) is 12.3. The molecule has 0 bridgehead atoms. The summed E-state index contributed by atoms with van der Waals surface area (Å²) in [6, 6.07) is 1.85. The minimum absolute atomic E-state index is 0.0486. The number of nitrogens with one attached hydrogen (secondary N) is 1. The van der Waals surface area contributed by atoms with E-state index >= 15 is 0 Å². The summed E-state index contributed by atoms with van der Waals surface area (Å²) in [5.41, 5.74) is 0.770. The van der Waals surface area contributed by atoms with Gasteiger partial charge in [0.15, 0.2) is 5.65 Å². The number of aliphatic hydroxyl groups is 1. The number of nitrogens with zero attached hydrogens (tertiary/aromatic N) is 3. The van der Waals surface area contributed by atoms with E-state index in [9.17, 15) is 0 Å². The van der Waals surface area contributed by atoms with Crippen LogP contribution in [-0.4, -0.2) is 46.1 Å². The third-order valence-corrected chi connectivity index (χ3v) is 2.67. The molecule has 0 aliphatic carbocycles. The molecule has 0 spiro atoms. The summed E-state index contributed by atoms with van der Waals surface area (Å²) in [7, 11) is 0. The highest BCUT2D eigenvalue weighted by Gasteiger charge is 2.03. The normalized spacial score (nSPS) is 10.9. The average Bonchev–Trinajstić information content (AvgIpc) is 2.71. The molecule has 0 fully saturated rings. The van der Waals surface area contributed by atoms with Gasteiger partial charge < -0.3 is 15.2 Å². The van der Waals surface area contributed by atoms with E-state index in [2.05, 4.69) is 31.3 Å². The first-order valence-corrected chi connectivity index (χ1v) is 6.03. The van der Waals surface area contributed by atoms with Crippen LogP contribution in [-0.2, 0) is 4.74 Å². The van der Waals surface area contributed by atoms with Crippen molar-refractivity contribution < 1.29 is 9.84 Å². The van der Waals surface area contributed by atoms with Crippen molar-refractivity contribution in [2.75, 3.05) is 31.7 Å². The molecule has 2 rings (SSSR count). The Balaban J connectivity index is 1.92. The minimum Gasteiger partial charge on any atom is -0.394 e. The summed E-state index contributed by atoms with van der Waals surface area (Å²) < 4.78 is 7.68. The fourth-order valence-electron chi connectivity index (χ4n) is 1.36. The van der Waals surface area contributed by atoms with E-state index in [-0.39, 0.29) is 6.61 Å². The Morgan fingerprint density at radius 3 is 3.18 bits per heavy atom. The van der Waals surface area contributed by atoms with Gasteiger partial charge in [-0.15, -0.1) is 0 Å². The molecule has 7 heteroatoms. The summed E-state index contributed by atoms with van der Waals surface area (Å²) in [5.74, 6) is 0.770. The molecule has 2 aromatic rings. The molecular weight excluding hydrogens is 288 g/mol. The standard InChI is InChI=1S/C10H13BrN4O2/c11-8-7-13-15-3-1-9(14-10(8)15)12-2-5-17-6-4-16/h1,3,7,16H,2,4-6H2,(H,12,14). The van der Waals surface area contributed by atoms with Crippen molar-refractivity contribution in [2.24, 2.45) is 0 Å². The average molecular weight is 301 g/mol. The van der Waals surface area contributed by atoms with Crippen LogP contribution in [0.25, 0.3) is 5.65 Å². The number of rotatable bonds is 6. The highest BCUT2D eigenvalue weighted by molar-refractivity contribution is 9.10. The molecule has 17 heavy (non-hydrogen) atoms. The Kier molecular flexibility index (Phi) is 4.29. The Morgan fingerprint density at radius 1 is 1.47 bits per heavy atom. The Hall–Kier alpha value is -1.18. The van der Waals surface area contributed by atoms with Gasteiger partial charge in [-0.25, -0.2) is 9.50 Å². The quantitative estimate of drug-likeness (QED) is 0.776. The smallest absolute Gasteiger partial charge is 0.171 e. The third-order valence-electron chi connectivity index (χ3n) is 2.11. The second kappa shape index (κ2) is 5.95. The molecule has 0 saturated heterocycles. The summed E-state index contributed by atoms with van der Waals surface area (Å²) in [6.45, 7) is 1.60. The van der Waals surface area contributed by atoms with Crippen LogP contribution in [0.2, 0.25) is 0 Å². The van der Waals surface area contributed by atoms with Crippen molar-refractivity contribution in [3.63, 3.8) is 0 Å². The van der Waals surface area contributed by atoms with Gasteiger partial charge in [-0.2, -0.15) is 5.10 Å². The van der Waals surface area contributed by atoms with Gasteiger partial charge in [0, 0.05) is 12.7 Å². The summed E-state index contributed by atoms with van der Waals surface area (Å²) in [6.07, 6.45) is 3.54. The molecule has 2 aromatic heterocycles. The molecule has 0 aliphatic rings. The Labute approximate surface area is 107 Å². The van der Waals surface area contributed by atoms with Gasteiger partial charge in [-0.05, 0) is 22.0 Å². The molecule has 0 aromatic carbocycles. The van der Waals surface area contributed by atoms with Crippen LogP contribution >= 0.6 is 15.9 Å². The lowest BCUT2D eigenvalue weighted by Crippen LogP contribution is -2.12. The van der Waals surface area contributed by atoms with Crippen LogP contribution in [0.3, 0.4) is 0 Å². The van der Waals surface area contributed by atoms with Crippen LogP contribution in [0.5, 0.6) is 0 Å². The molecule has 2 heterocycles. The topological polar surface area (TPSA) is 71.7 Å². The molecule has 0 unspecified atom stereocenters. The molecule has 0 radical (unpaired) electrons. The Morgan fingerprint density at radius 2 is 2.35 bits per heavy atom. The second-order valence-electron chi connectivity index (χ2n) is 3.34. The predicted molar refractivity (Wildman–Crippen MR) is 67.1 cm³/mol. The largest absolute Gasteiger partial charge is 0.394 e. The zero-order valence-corrected chi connectivity index (χ0v) is 10.7. The number of fused-ring (bicyclic) bond motifs is 1.